The minimum atomic E-state index is 0.937. The highest BCUT2D eigenvalue weighted by molar-refractivity contribution is 9.10. The molecule has 0 aliphatic rings. The van der Waals surface area contributed by atoms with Gasteiger partial charge in [-0.15, -0.1) is 0 Å². The molecule has 0 spiro atoms. The highest BCUT2D eigenvalue weighted by Crippen LogP contribution is 2.19. The minimum absolute atomic E-state index is 0.937. The molecule has 0 radical (unpaired) electrons. The molecule has 0 saturated carbocycles. The maximum atomic E-state index is 4.52. The Hall–Kier alpha value is -0.770. The summed E-state index contributed by atoms with van der Waals surface area (Å²) in [5, 5.41) is 6.67. The van der Waals surface area contributed by atoms with Gasteiger partial charge < -0.3 is 10.6 Å². The standard InChI is InChI=1S/C13H22BrN3/c1-3-5-7-15-12-9-11(14)10-13(17-12)16-8-6-4-2/h9-10H,3-8H2,1-2H3,(H2,15,16,17). The lowest BCUT2D eigenvalue weighted by Gasteiger charge is -2.09. The monoisotopic (exact) mass is 299 g/mol. The van der Waals surface area contributed by atoms with E-state index in [0.717, 1.165) is 29.2 Å². The number of hydrogen-bond donors (Lipinski definition) is 2. The van der Waals surface area contributed by atoms with E-state index in [1.54, 1.807) is 0 Å². The zero-order chi connectivity index (χ0) is 12.5. The van der Waals surface area contributed by atoms with Gasteiger partial charge in [-0.2, -0.15) is 0 Å². The fourth-order valence-corrected chi connectivity index (χ4v) is 1.90. The Morgan fingerprint density at radius 1 is 1.00 bits per heavy atom. The molecule has 1 aromatic rings. The highest BCUT2D eigenvalue weighted by Gasteiger charge is 2.00. The second-order valence-corrected chi connectivity index (χ2v) is 5.03. The number of unbranched alkanes of at least 4 members (excludes halogenated alkanes) is 2. The first kappa shape index (κ1) is 14.3. The van der Waals surface area contributed by atoms with Crippen molar-refractivity contribution in [3.05, 3.63) is 16.6 Å². The number of nitrogens with zero attached hydrogens (tertiary/aromatic N) is 1. The maximum absolute atomic E-state index is 4.52. The van der Waals surface area contributed by atoms with Gasteiger partial charge in [0.1, 0.15) is 11.6 Å². The average Bonchev–Trinajstić information content (AvgIpc) is 2.29. The quantitative estimate of drug-likeness (QED) is 0.704. The van der Waals surface area contributed by atoms with E-state index in [0.29, 0.717) is 0 Å². The van der Waals surface area contributed by atoms with Gasteiger partial charge >= 0.3 is 0 Å². The van der Waals surface area contributed by atoms with Crippen LogP contribution in [-0.4, -0.2) is 18.1 Å². The molecule has 0 amide bonds. The van der Waals surface area contributed by atoms with Crippen molar-refractivity contribution in [1.29, 1.82) is 0 Å². The van der Waals surface area contributed by atoms with E-state index in [-0.39, 0.29) is 0 Å². The van der Waals surface area contributed by atoms with Crippen LogP contribution in [0.2, 0.25) is 0 Å². The first-order chi connectivity index (χ1) is 8.26. The van der Waals surface area contributed by atoms with Crippen molar-refractivity contribution in [3.8, 4) is 0 Å². The van der Waals surface area contributed by atoms with Crippen LogP contribution in [0.15, 0.2) is 16.6 Å². The SMILES string of the molecule is CCCCNc1cc(Br)cc(NCCCC)n1. The second-order valence-electron chi connectivity index (χ2n) is 4.12. The van der Waals surface area contributed by atoms with E-state index in [9.17, 15) is 0 Å². The summed E-state index contributed by atoms with van der Waals surface area (Å²) in [5.41, 5.74) is 0. The Kier molecular flexibility index (Phi) is 7.01. The molecule has 1 heterocycles. The van der Waals surface area contributed by atoms with Crippen molar-refractivity contribution in [3.63, 3.8) is 0 Å². The van der Waals surface area contributed by atoms with Crippen molar-refractivity contribution in [2.24, 2.45) is 0 Å². The van der Waals surface area contributed by atoms with Gasteiger partial charge in [0.25, 0.3) is 0 Å². The van der Waals surface area contributed by atoms with Crippen molar-refractivity contribution in [2.75, 3.05) is 23.7 Å². The van der Waals surface area contributed by atoms with Crippen molar-refractivity contribution in [1.82, 2.24) is 4.98 Å². The summed E-state index contributed by atoms with van der Waals surface area (Å²) in [6.45, 7) is 6.34. The molecule has 96 valence electrons. The van der Waals surface area contributed by atoms with Gasteiger partial charge in [-0.25, -0.2) is 4.98 Å². The summed E-state index contributed by atoms with van der Waals surface area (Å²) in [6.07, 6.45) is 4.74. The lowest BCUT2D eigenvalue weighted by Crippen LogP contribution is -2.07. The number of hydrogen-bond acceptors (Lipinski definition) is 3. The van der Waals surface area contributed by atoms with E-state index in [1.165, 1.54) is 25.7 Å². The first-order valence-electron chi connectivity index (χ1n) is 6.41. The lowest BCUT2D eigenvalue weighted by atomic mass is 10.3. The highest BCUT2D eigenvalue weighted by atomic mass is 79.9. The summed E-state index contributed by atoms with van der Waals surface area (Å²) in [5.74, 6) is 1.87. The predicted octanol–water partition coefficient (Wildman–Crippen LogP) is 4.27. The Balaban J connectivity index is 2.53. The Morgan fingerprint density at radius 3 is 1.88 bits per heavy atom. The second kappa shape index (κ2) is 8.34. The van der Waals surface area contributed by atoms with E-state index in [1.807, 2.05) is 12.1 Å². The van der Waals surface area contributed by atoms with Crippen LogP contribution < -0.4 is 10.6 Å². The summed E-state index contributed by atoms with van der Waals surface area (Å²) in [6, 6.07) is 4.03. The molecule has 4 heteroatoms. The Bertz CT molecular complexity index is 300. The number of anilines is 2. The van der Waals surface area contributed by atoms with Gasteiger partial charge in [0, 0.05) is 17.6 Å². The third-order valence-corrected chi connectivity index (χ3v) is 2.92. The van der Waals surface area contributed by atoms with Crippen LogP contribution in [0.4, 0.5) is 11.6 Å². The maximum Gasteiger partial charge on any atom is 0.129 e. The van der Waals surface area contributed by atoms with Crippen LogP contribution in [0.1, 0.15) is 39.5 Å². The molecule has 2 N–H and O–H groups in total. The van der Waals surface area contributed by atoms with Gasteiger partial charge in [-0.1, -0.05) is 42.6 Å². The van der Waals surface area contributed by atoms with Crippen molar-refractivity contribution < 1.29 is 0 Å². The third kappa shape index (κ3) is 5.91. The molecule has 0 unspecified atom stereocenters. The smallest absolute Gasteiger partial charge is 0.129 e. The summed E-state index contributed by atoms with van der Waals surface area (Å²) in [4.78, 5) is 4.52. The first-order valence-corrected chi connectivity index (χ1v) is 7.21. The molecule has 0 aliphatic carbocycles. The van der Waals surface area contributed by atoms with Crippen LogP contribution in [0.5, 0.6) is 0 Å². The largest absolute Gasteiger partial charge is 0.370 e. The molecule has 0 fully saturated rings. The fourth-order valence-electron chi connectivity index (χ4n) is 1.46. The molecule has 17 heavy (non-hydrogen) atoms. The number of aromatic nitrogens is 1. The molecule has 3 nitrogen and oxygen atoms in total. The number of nitrogens with one attached hydrogen (secondary N) is 2. The number of pyridine rings is 1. The zero-order valence-corrected chi connectivity index (χ0v) is 12.3. The molecular formula is C13H22BrN3. The Morgan fingerprint density at radius 2 is 1.47 bits per heavy atom. The van der Waals surface area contributed by atoms with Crippen LogP contribution in [0.25, 0.3) is 0 Å². The third-order valence-electron chi connectivity index (χ3n) is 2.46. The van der Waals surface area contributed by atoms with Crippen LogP contribution in [0.3, 0.4) is 0 Å². The van der Waals surface area contributed by atoms with E-state index in [4.69, 9.17) is 0 Å². The lowest BCUT2D eigenvalue weighted by molar-refractivity contribution is 0.825. The van der Waals surface area contributed by atoms with Gasteiger partial charge in [-0.05, 0) is 25.0 Å². The normalized spacial score (nSPS) is 10.3. The summed E-state index contributed by atoms with van der Waals surface area (Å²) < 4.78 is 1.06. The van der Waals surface area contributed by atoms with Crippen molar-refractivity contribution in [2.45, 2.75) is 39.5 Å². The molecular weight excluding hydrogens is 278 g/mol. The molecule has 0 atom stereocenters. The summed E-state index contributed by atoms with van der Waals surface area (Å²) in [7, 11) is 0. The molecule has 1 aromatic heterocycles. The van der Waals surface area contributed by atoms with Gasteiger partial charge in [0.15, 0.2) is 0 Å². The Labute approximate surface area is 113 Å². The molecule has 1 rings (SSSR count). The van der Waals surface area contributed by atoms with E-state index >= 15 is 0 Å². The molecule has 0 saturated heterocycles. The zero-order valence-electron chi connectivity index (χ0n) is 10.7. The van der Waals surface area contributed by atoms with E-state index < -0.39 is 0 Å². The summed E-state index contributed by atoms with van der Waals surface area (Å²) >= 11 is 3.51. The molecule has 0 aliphatic heterocycles. The van der Waals surface area contributed by atoms with Gasteiger partial charge in [0.2, 0.25) is 0 Å². The van der Waals surface area contributed by atoms with Crippen LogP contribution in [-0.2, 0) is 0 Å². The topological polar surface area (TPSA) is 37.0 Å². The fraction of sp³-hybridized carbons (Fsp3) is 0.615. The van der Waals surface area contributed by atoms with E-state index in [2.05, 4.69) is 45.4 Å². The molecule has 0 aromatic carbocycles. The van der Waals surface area contributed by atoms with Gasteiger partial charge in [-0.3, -0.25) is 0 Å². The van der Waals surface area contributed by atoms with Crippen LogP contribution in [0, 0.1) is 0 Å². The number of halogens is 1. The number of rotatable bonds is 8. The average molecular weight is 300 g/mol. The predicted molar refractivity (Wildman–Crippen MR) is 78.7 cm³/mol. The van der Waals surface area contributed by atoms with Crippen LogP contribution >= 0.6 is 15.9 Å². The molecule has 0 bridgehead atoms. The van der Waals surface area contributed by atoms with Crippen molar-refractivity contribution >= 4 is 27.6 Å². The minimum Gasteiger partial charge on any atom is -0.370 e. The van der Waals surface area contributed by atoms with Gasteiger partial charge in [0.05, 0.1) is 0 Å².